The van der Waals surface area contributed by atoms with Crippen LogP contribution in [0.4, 0.5) is 5.69 Å². The summed E-state index contributed by atoms with van der Waals surface area (Å²) < 4.78 is 2.10. The molecule has 30 heavy (non-hydrogen) atoms. The average Bonchev–Trinajstić information content (AvgIpc) is 3.50. The van der Waals surface area contributed by atoms with E-state index in [1.807, 2.05) is 36.4 Å². The number of carbonyl (C=O) groups excluding carboxylic acids is 1. The summed E-state index contributed by atoms with van der Waals surface area (Å²) in [7, 11) is 0. The van der Waals surface area contributed by atoms with Gasteiger partial charge in [0.15, 0.2) is 5.82 Å². The van der Waals surface area contributed by atoms with E-state index >= 15 is 0 Å². The Morgan fingerprint density at radius 1 is 1.20 bits per heavy atom. The van der Waals surface area contributed by atoms with Crippen LogP contribution < -0.4 is 5.32 Å². The molecule has 1 unspecified atom stereocenters. The number of rotatable bonds is 5. The second-order valence-corrected chi connectivity index (χ2v) is 7.82. The maximum Gasteiger partial charge on any atom is 0.274 e. The third kappa shape index (κ3) is 3.89. The van der Waals surface area contributed by atoms with E-state index in [0.29, 0.717) is 29.1 Å². The predicted molar refractivity (Wildman–Crippen MR) is 116 cm³/mol. The second-order valence-electron chi connectivity index (χ2n) is 7.43. The number of carbonyl (C=O) groups is 1. The number of nitrogens with one attached hydrogen (secondary N) is 1. The van der Waals surface area contributed by atoms with Gasteiger partial charge in [-0.1, -0.05) is 29.8 Å². The molecule has 1 amide bonds. The van der Waals surface area contributed by atoms with Gasteiger partial charge in [0.1, 0.15) is 17.2 Å². The molecule has 7 nitrogen and oxygen atoms in total. The smallest absolute Gasteiger partial charge is 0.274 e. The number of anilines is 1. The normalized spacial score (nSPS) is 18.2. The standard InChI is InChI=1S/C22H19ClN6O/c23-20-7-4-16(12-25-20)14-8-9-24-19(11-14)22(30)27-17-3-1-2-15(10-17)21-28-26-13-29(21)18-5-6-18/h1-4,7-11,13,16,18H,5-6,12H2,(H,27,30). The molecule has 2 aliphatic rings. The van der Waals surface area contributed by atoms with Crippen LogP contribution in [0.1, 0.15) is 40.9 Å². The van der Waals surface area contributed by atoms with Crippen molar-refractivity contribution in [3.63, 3.8) is 0 Å². The summed E-state index contributed by atoms with van der Waals surface area (Å²) in [6, 6.07) is 11.8. The number of amides is 1. The quantitative estimate of drug-likeness (QED) is 0.672. The maximum absolute atomic E-state index is 12.8. The summed E-state index contributed by atoms with van der Waals surface area (Å²) in [4.78, 5) is 21.3. The van der Waals surface area contributed by atoms with E-state index in [2.05, 4.69) is 30.1 Å². The molecule has 0 spiro atoms. The first-order chi connectivity index (χ1) is 14.7. The van der Waals surface area contributed by atoms with E-state index in [0.717, 1.165) is 29.8 Å². The van der Waals surface area contributed by atoms with Crippen molar-refractivity contribution in [3.8, 4) is 11.4 Å². The first-order valence-corrected chi connectivity index (χ1v) is 10.2. The van der Waals surface area contributed by atoms with Gasteiger partial charge in [-0.2, -0.15) is 0 Å². The molecule has 1 saturated carbocycles. The monoisotopic (exact) mass is 418 g/mol. The van der Waals surface area contributed by atoms with E-state index in [9.17, 15) is 4.79 Å². The molecule has 3 heterocycles. The molecular formula is C22H19ClN6O. The zero-order chi connectivity index (χ0) is 20.5. The Labute approximate surface area is 178 Å². The number of dihydropyridines is 1. The number of nitrogens with zero attached hydrogens (tertiary/aromatic N) is 5. The molecule has 0 radical (unpaired) electrons. The van der Waals surface area contributed by atoms with Crippen molar-refractivity contribution < 1.29 is 4.79 Å². The lowest BCUT2D eigenvalue weighted by molar-refractivity contribution is 0.102. The van der Waals surface area contributed by atoms with Crippen LogP contribution in [-0.4, -0.2) is 37.4 Å². The number of allylic oxidation sites excluding steroid dienone is 1. The summed E-state index contributed by atoms with van der Waals surface area (Å²) in [5.41, 5.74) is 2.93. The van der Waals surface area contributed by atoms with Gasteiger partial charge in [-0.25, -0.2) is 0 Å². The van der Waals surface area contributed by atoms with Crippen LogP contribution in [-0.2, 0) is 0 Å². The number of aromatic nitrogens is 4. The first kappa shape index (κ1) is 18.7. The van der Waals surface area contributed by atoms with E-state index in [1.54, 1.807) is 24.7 Å². The highest BCUT2D eigenvalue weighted by atomic mass is 35.5. The van der Waals surface area contributed by atoms with Crippen LogP contribution in [0.2, 0.25) is 0 Å². The molecule has 1 N–H and O–H groups in total. The lowest BCUT2D eigenvalue weighted by atomic mass is 9.97. The number of pyridine rings is 1. The molecule has 150 valence electrons. The molecule has 2 aromatic heterocycles. The predicted octanol–water partition coefficient (Wildman–Crippen LogP) is 4.22. The molecule has 1 atom stereocenters. The summed E-state index contributed by atoms with van der Waals surface area (Å²) in [5.74, 6) is 0.634. The number of benzene rings is 1. The molecule has 1 aliphatic heterocycles. The highest BCUT2D eigenvalue weighted by Gasteiger charge is 2.26. The topological polar surface area (TPSA) is 85.1 Å². The maximum atomic E-state index is 12.8. The summed E-state index contributed by atoms with van der Waals surface area (Å²) in [6.45, 7) is 0.560. The molecule has 3 aromatic rings. The minimum absolute atomic E-state index is 0.0826. The van der Waals surface area contributed by atoms with Crippen molar-refractivity contribution >= 4 is 28.4 Å². The van der Waals surface area contributed by atoms with Crippen molar-refractivity contribution in [2.24, 2.45) is 4.99 Å². The molecule has 1 aliphatic carbocycles. The Bertz CT molecular complexity index is 1160. The number of hydrogen-bond acceptors (Lipinski definition) is 5. The Hall–Kier alpha value is -3.32. The zero-order valence-corrected chi connectivity index (χ0v) is 16.8. The molecule has 0 bridgehead atoms. The molecule has 0 saturated heterocycles. The number of halogens is 1. The van der Waals surface area contributed by atoms with E-state index < -0.39 is 0 Å². The van der Waals surface area contributed by atoms with Gasteiger partial charge in [0.05, 0.1) is 6.54 Å². The van der Waals surface area contributed by atoms with Crippen molar-refractivity contribution in [2.75, 3.05) is 11.9 Å². The minimum Gasteiger partial charge on any atom is -0.321 e. The fourth-order valence-electron chi connectivity index (χ4n) is 3.51. The summed E-state index contributed by atoms with van der Waals surface area (Å²) in [5, 5.41) is 11.7. The number of aliphatic imine (C=N–C) groups is 1. The van der Waals surface area contributed by atoms with Gasteiger partial charge in [0, 0.05) is 29.4 Å². The highest BCUT2D eigenvalue weighted by molar-refractivity contribution is 6.68. The van der Waals surface area contributed by atoms with Gasteiger partial charge in [-0.05, 0) is 48.7 Å². The van der Waals surface area contributed by atoms with Crippen molar-refractivity contribution in [3.05, 3.63) is 72.3 Å². The van der Waals surface area contributed by atoms with E-state index in [4.69, 9.17) is 11.6 Å². The van der Waals surface area contributed by atoms with Gasteiger partial charge >= 0.3 is 0 Å². The van der Waals surface area contributed by atoms with Crippen LogP contribution in [0, 0.1) is 0 Å². The minimum atomic E-state index is -0.265. The second kappa shape index (κ2) is 7.84. The fourth-order valence-corrected chi connectivity index (χ4v) is 3.66. The Morgan fingerprint density at radius 3 is 2.90 bits per heavy atom. The Morgan fingerprint density at radius 2 is 2.10 bits per heavy atom. The third-order valence-electron chi connectivity index (χ3n) is 5.24. The van der Waals surface area contributed by atoms with Crippen LogP contribution in [0.25, 0.3) is 11.4 Å². The van der Waals surface area contributed by atoms with Crippen LogP contribution in [0.3, 0.4) is 0 Å². The lowest BCUT2D eigenvalue weighted by Gasteiger charge is -2.14. The van der Waals surface area contributed by atoms with Crippen LogP contribution in [0.5, 0.6) is 0 Å². The lowest BCUT2D eigenvalue weighted by Crippen LogP contribution is -2.15. The SMILES string of the molecule is O=C(Nc1cccc(-c2nncn2C2CC2)c1)c1cc(C2C=CC(Cl)=NC2)ccn1. The molecule has 8 heteroatoms. The van der Waals surface area contributed by atoms with E-state index in [1.165, 1.54) is 0 Å². The molecule has 1 fully saturated rings. The average molecular weight is 419 g/mol. The molecule has 1 aromatic carbocycles. The van der Waals surface area contributed by atoms with Crippen LogP contribution in [0.15, 0.2) is 66.1 Å². The molecule has 5 rings (SSSR count). The van der Waals surface area contributed by atoms with Crippen molar-refractivity contribution in [1.29, 1.82) is 0 Å². The van der Waals surface area contributed by atoms with Gasteiger partial charge < -0.3 is 9.88 Å². The largest absolute Gasteiger partial charge is 0.321 e. The number of hydrogen-bond donors (Lipinski definition) is 1. The van der Waals surface area contributed by atoms with Gasteiger partial charge in [0.25, 0.3) is 5.91 Å². The van der Waals surface area contributed by atoms with Crippen LogP contribution >= 0.6 is 11.6 Å². The van der Waals surface area contributed by atoms with Crippen molar-refractivity contribution in [1.82, 2.24) is 19.7 Å². The zero-order valence-electron chi connectivity index (χ0n) is 16.1. The Balaban J connectivity index is 1.34. The third-order valence-corrected chi connectivity index (χ3v) is 5.49. The van der Waals surface area contributed by atoms with Crippen molar-refractivity contribution in [2.45, 2.75) is 24.8 Å². The van der Waals surface area contributed by atoms with Gasteiger partial charge in [0.2, 0.25) is 0 Å². The highest BCUT2D eigenvalue weighted by Crippen LogP contribution is 2.37. The molecular weight excluding hydrogens is 400 g/mol. The van der Waals surface area contributed by atoms with Gasteiger partial charge in [-0.15, -0.1) is 10.2 Å². The Kier molecular flexibility index (Phi) is 4.88. The van der Waals surface area contributed by atoms with Gasteiger partial charge in [-0.3, -0.25) is 14.8 Å². The fraction of sp³-hybridized carbons (Fsp3) is 0.227. The van der Waals surface area contributed by atoms with E-state index in [-0.39, 0.29) is 11.8 Å². The first-order valence-electron chi connectivity index (χ1n) is 9.83. The summed E-state index contributed by atoms with van der Waals surface area (Å²) in [6.07, 6.45) is 9.49. The summed E-state index contributed by atoms with van der Waals surface area (Å²) >= 11 is 5.90.